The number of rotatable bonds is 6. The van der Waals surface area contributed by atoms with Gasteiger partial charge in [-0.3, -0.25) is 0 Å². The molecule has 0 aromatic heterocycles. The minimum Gasteiger partial charge on any atom is -0.393 e. The SMILES string of the molecule is CCCC(C)O.CCCC(C)O.CCCC(C)O.[SiH3]Cl. The van der Waals surface area contributed by atoms with Gasteiger partial charge in [0.05, 0.1) is 18.3 Å². The fourth-order valence-corrected chi connectivity index (χ4v) is 1.25. The van der Waals surface area contributed by atoms with Crippen LogP contribution in [0.15, 0.2) is 0 Å². The van der Waals surface area contributed by atoms with Crippen LogP contribution in [0.4, 0.5) is 0 Å². The number of aliphatic hydroxyl groups excluding tert-OH is 3. The molecule has 0 aliphatic heterocycles. The largest absolute Gasteiger partial charge is 0.393 e. The molecular weight excluding hydrogens is 292 g/mol. The summed E-state index contributed by atoms with van der Waals surface area (Å²) in [7, 11) is 0.778. The van der Waals surface area contributed by atoms with Crippen LogP contribution < -0.4 is 0 Å². The molecule has 0 aromatic rings. The zero-order valence-corrected chi connectivity index (χ0v) is 17.5. The van der Waals surface area contributed by atoms with Crippen molar-refractivity contribution in [1.82, 2.24) is 0 Å². The van der Waals surface area contributed by atoms with Gasteiger partial charge in [0, 0.05) is 0 Å². The minimum absolute atomic E-state index is 0.102. The van der Waals surface area contributed by atoms with Crippen LogP contribution in [0.3, 0.4) is 0 Å². The monoisotopic (exact) mass is 330 g/mol. The van der Waals surface area contributed by atoms with Crippen molar-refractivity contribution in [3.63, 3.8) is 0 Å². The summed E-state index contributed by atoms with van der Waals surface area (Å²) >= 11 is 4.78. The molecule has 3 N–H and O–H groups in total. The predicted octanol–water partition coefficient (Wildman–Crippen LogP) is 3.01. The lowest BCUT2D eigenvalue weighted by atomic mass is 10.2. The number of aliphatic hydroxyl groups is 3. The van der Waals surface area contributed by atoms with Crippen molar-refractivity contribution in [3.05, 3.63) is 0 Å². The smallest absolute Gasteiger partial charge is 0.109 e. The van der Waals surface area contributed by atoms with Crippen molar-refractivity contribution >= 4 is 20.6 Å². The number of halogens is 1. The molecular formula is C15H39ClO3Si. The molecule has 0 spiro atoms. The molecule has 0 aliphatic rings. The van der Waals surface area contributed by atoms with Gasteiger partial charge in [0.15, 0.2) is 0 Å². The summed E-state index contributed by atoms with van der Waals surface area (Å²) in [6.07, 6.45) is 5.73. The van der Waals surface area contributed by atoms with Crippen molar-refractivity contribution in [3.8, 4) is 0 Å². The average molecular weight is 331 g/mol. The molecule has 0 rings (SSSR count). The van der Waals surface area contributed by atoms with Crippen LogP contribution in [0.2, 0.25) is 0 Å². The Morgan fingerprint density at radius 2 is 0.800 bits per heavy atom. The van der Waals surface area contributed by atoms with Gasteiger partial charge in [-0.05, 0) is 40.0 Å². The third-order valence-corrected chi connectivity index (χ3v) is 2.12. The molecule has 0 radical (unpaired) electrons. The molecule has 0 amide bonds. The van der Waals surface area contributed by atoms with Gasteiger partial charge >= 0.3 is 0 Å². The zero-order chi connectivity index (χ0) is 17.0. The van der Waals surface area contributed by atoms with Crippen molar-refractivity contribution in [2.45, 2.75) is 98.4 Å². The van der Waals surface area contributed by atoms with E-state index < -0.39 is 0 Å². The highest BCUT2D eigenvalue weighted by Gasteiger charge is 1.88. The Morgan fingerprint density at radius 1 is 0.650 bits per heavy atom. The summed E-state index contributed by atoms with van der Waals surface area (Å²) in [6.45, 7) is 11.6. The first-order valence-electron chi connectivity index (χ1n) is 7.73. The summed E-state index contributed by atoms with van der Waals surface area (Å²) in [6, 6.07) is 0. The molecule has 0 saturated carbocycles. The molecule has 3 nitrogen and oxygen atoms in total. The zero-order valence-electron chi connectivity index (χ0n) is 14.7. The average Bonchev–Trinajstić information content (AvgIpc) is 2.32. The van der Waals surface area contributed by atoms with Crippen LogP contribution in [0.25, 0.3) is 0 Å². The summed E-state index contributed by atoms with van der Waals surface area (Å²) in [5.74, 6) is 0. The van der Waals surface area contributed by atoms with Gasteiger partial charge < -0.3 is 15.3 Å². The van der Waals surface area contributed by atoms with Crippen LogP contribution in [0.1, 0.15) is 80.1 Å². The summed E-state index contributed by atoms with van der Waals surface area (Å²) in [5.41, 5.74) is 0. The van der Waals surface area contributed by atoms with Crippen molar-refractivity contribution in [1.29, 1.82) is 0 Å². The highest BCUT2D eigenvalue weighted by Crippen LogP contribution is 1.92. The number of hydrogen-bond donors (Lipinski definition) is 3. The fourth-order valence-electron chi connectivity index (χ4n) is 1.25. The maximum atomic E-state index is 8.55. The van der Waals surface area contributed by atoms with E-state index in [4.69, 9.17) is 26.4 Å². The van der Waals surface area contributed by atoms with Crippen molar-refractivity contribution in [2.24, 2.45) is 0 Å². The van der Waals surface area contributed by atoms with Gasteiger partial charge in [-0.2, -0.15) is 11.1 Å². The normalized spacial score (nSPS) is 13.5. The van der Waals surface area contributed by atoms with Gasteiger partial charge in [0.1, 0.15) is 9.55 Å². The molecule has 0 bridgehead atoms. The lowest BCUT2D eigenvalue weighted by molar-refractivity contribution is 0.183. The van der Waals surface area contributed by atoms with Crippen LogP contribution in [-0.4, -0.2) is 43.2 Å². The Kier molecular flexibility index (Phi) is 39.5. The Balaban J connectivity index is -0.0000000902. The van der Waals surface area contributed by atoms with E-state index in [1.807, 2.05) is 20.8 Å². The summed E-state index contributed by atoms with van der Waals surface area (Å²) < 4.78 is 0. The quantitative estimate of drug-likeness (QED) is 0.518. The van der Waals surface area contributed by atoms with Gasteiger partial charge in [-0.25, -0.2) is 0 Å². The van der Waals surface area contributed by atoms with E-state index in [9.17, 15) is 0 Å². The Hall–Kier alpha value is 0.387. The molecule has 3 unspecified atom stereocenters. The number of hydrogen-bond acceptors (Lipinski definition) is 3. The standard InChI is InChI=1S/3C5H12O.ClH3Si/c3*1-3-4-5(2)6;1-2/h3*5-6H,3-4H2,1-2H3;2H3. The lowest BCUT2D eigenvalue weighted by Gasteiger charge is -1.95. The van der Waals surface area contributed by atoms with Crippen molar-refractivity contribution in [2.75, 3.05) is 0 Å². The van der Waals surface area contributed by atoms with Crippen LogP contribution >= 0.6 is 11.1 Å². The highest BCUT2D eigenvalue weighted by atomic mass is 35.6. The van der Waals surface area contributed by atoms with Gasteiger partial charge in [-0.15, -0.1) is 0 Å². The third kappa shape index (κ3) is 63.1. The molecule has 20 heavy (non-hydrogen) atoms. The van der Waals surface area contributed by atoms with E-state index in [0.29, 0.717) is 0 Å². The predicted molar refractivity (Wildman–Crippen MR) is 95.6 cm³/mol. The van der Waals surface area contributed by atoms with E-state index in [0.717, 1.165) is 48.1 Å². The van der Waals surface area contributed by atoms with Crippen LogP contribution in [0, 0.1) is 0 Å². The molecule has 128 valence electrons. The fraction of sp³-hybridized carbons (Fsp3) is 1.00. The maximum Gasteiger partial charge on any atom is 0.109 e. The van der Waals surface area contributed by atoms with Crippen LogP contribution in [0.5, 0.6) is 0 Å². The Morgan fingerprint density at radius 3 is 0.800 bits per heavy atom. The molecule has 5 heteroatoms. The van der Waals surface area contributed by atoms with E-state index >= 15 is 0 Å². The first kappa shape index (κ1) is 28.5. The van der Waals surface area contributed by atoms with E-state index in [1.54, 1.807) is 0 Å². The van der Waals surface area contributed by atoms with Gasteiger partial charge in [-0.1, -0.05) is 40.0 Å². The lowest BCUT2D eigenvalue weighted by Crippen LogP contribution is -1.95. The molecule has 0 fully saturated rings. The first-order valence-corrected chi connectivity index (χ1v) is 10.8. The molecule has 0 heterocycles. The van der Waals surface area contributed by atoms with E-state index in [1.165, 1.54) is 0 Å². The molecule has 0 saturated heterocycles. The molecule has 0 aromatic carbocycles. The second-order valence-corrected chi connectivity index (χ2v) is 4.91. The minimum atomic E-state index is -0.102. The summed E-state index contributed by atoms with van der Waals surface area (Å²) in [5, 5.41) is 25.7. The maximum absolute atomic E-state index is 8.55. The molecule has 3 atom stereocenters. The van der Waals surface area contributed by atoms with E-state index in [2.05, 4.69) is 20.8 Å². The van der Waals surface area contributed by atoms with Crippen LogP contribution in [-0.2, 0) is 0 Å². The third-order valence-electron chi connectivity index (χ3n) is 2.12. The topological polar surface area (TPSA) is 60.7 Å². The van der Waals surface area contributed by atoms with E-state index in [-0.39, 0.29) is 18.3 Å². The highest BCUT2D eigenvalue weighted by molar-refractivity contribution is 6.80. The second-order valence-electron chi connectivity index (χ2n) is 4.91. The van der Waals surface area contributed by atoms with Crippen molar-refractivity contribution < 1.29 is 15.3 Å². The molecule has 0 aliphatic carbocycles. The second kappa shape index (κ2) is 27.7. The van der Waals surface area contributed by atoms with Gasteiger partial charge in [0.25, 0.3) is 0 Å². The Labute approximate surface area is 134 Å². The van der Waals surface area contributed by atoms with Gasteiger partial charge in [0.2, 0.25) is 0 Å². The Bertz CT molecular complexity index is 111. The first-order chi connectivity index (χ1) is 9.31. The summed E-state index contributed by atoms with van der Waals surface area (Å²) in [4.78, 5) is 0.